The molecule has 0 bridgehead atoms. The highest BCUT2D eigenvalue weighted by atomic mass is 32.2. The topological polar surface area (TPSA) is 91.8 Å². The van der Waals surface area contributed by atoms with Gasteiger partial charge in [-0.25, -0.2) is 13.4 Å². The van der Waals surface area contributed by atoms with Gasteiger partial charge in [-0.05, 0) is 49.6 Å². The summed E-state index contributed by atoms with van der Waals surface area (Å²) < 4.78 is 34.2. The van der Waals surface area contributed by atoms with Crippen molar-refractivity contribution in [2.24, 2.45) is 0 Å². The van der Waals surface area contributed by atoms with Gasteiger partial charge in [-0.3, -0.25) is 10.1 Å². The average Bonchev–Trinajstić information content (AvgIpc) is 3.27. The van der Waals surface area contributed by atoms with Crippen molar-refractivity contribution in [1.29, 1.82) is 0 Å². The van der Waals surface area contributed by atoms with E-state index in [9.17, 15) is 13.2 Å². The average molecular weight is 487 g/mol. The minimum atomic E-state index is -3.72. The van der Waals surface area contributed by atoms with Gasteiger partial charge in [0.1, 0.15) is 0 Å². The Morgan fingerprint density at radius 3 is 2.52 bits per heavy atom. The van der Waals surface area contributed by atoms with E-state index in [2.05, 4.69) is 15.2 Å². The number of anilines is 2. The number of ether oxygens (including phenoxy) is 1. The van der Waals surface area contributed by atoms with Crippen molar-refractivity contribution in [3.63, 3.8) is 0 Å². The highest BCUT2D eigenvalue weighted by molar-refractivity contribution is 7.89. The second-order valence-electron chi connectivity index (χ2n) is 8.18. The van der Waals surface area contributed by atoms with Gasteiger partial charge < -0.3 is 9.64 Å². The standard InChI is InChI=1S/C23H26N4O4S2/c28-22(25-23-24-19-6-2-3-7-21(19)32-23)18-16-17(33(29,30)27-12-14-31-15-13-27)8-9-20(18)26-10-4-1-5-11-26/h2-3,6-9,16H,1,4-5,10-15H2,(H,24,25,28). The molecule has 2 aliphatic rings. The molecule has 2 fully saturated rings. The first-order chi connectivity index (χ1) is 16.0. The van der Waals surface area contributed by atoms with E-state index in [0.29, 0.717) is 37.0 Å². The summed E-state index contributed by atoms with van der Waals surface area (Å²) in [4.78, 5) is 20.2. The van der Waals surface area contributed by atoms with E-state index in [0.717, 1.165) is 48.3 Å². The number of nitrogens with zero attached hydrogens (tertiary/aromatic N) is 3. The van der Waals surface area contributed by atoms with Crippen molar-refractivity contribution < 1.29 is 17.9 Å². The summed E-state index contributed by atoms with van der Waals surface area (Å²) in [5, 5.41) is 3.39. The second-order valence-corrected chi connectivity index (χ2v) is 11.2. The lowest BCUT2D eigenvalue weighted by atomic mass is 10.1. The number of hydrogen-bond donors (Lipinski definition) is 1. The number of hydrogen-bond acceptors (Lipinski definition) is 7. The van der Waals surface area contributed by atoms with Crippen LogP contribution >= 0.6 is 11.3 Å². The van der Waals surface area contributed by atoms with Crippen molar-refractivity contribution >= 4 is 48.3 Å². The van der Waals surface area contributed by atoms with E-state index in [1.807, 2.05) is 24.3 Å². The van der Waals surface area contributed by atoms with Crippen LogP contribution in [0.4, 0.5) is 10.8 Å². The number of amides is 1. The maximum Gasteiger partial charge on any atom is 0.259 e. The zero-order chi connectivity index (χ0) is 22.8. The van der Waals surface area contributed by atoms with Crippen molar-refractivity contribution in [2.75, 3.05) is 49.6 Å². The van der Waals surface area contributed by atoms with E-state index in [4.69, 9.17) is 4.74 Å². The summed E-state index contributed by atoms with van der Waals surface area (Å²) in [5.41, 5.74) is 1.93. The quantitative estimate of drug-likeness (QED) is 0.593. The second kappa shape index (κ2) is 9.38. The first-order valence-electron chi connectivity index (χ1n) is 11.2. The molecule has 1 N–H and O–H groups in total. The SMILES string of the molecule is O=C(Nc1nc2ccccc2s1)c1cc(S(=O)(=O)N2CCOCC2)ccc1N1CCCCC1. The smallest absolute Gasteiger partial charge is 0.259 e. The normalized spacial score (nSPS) is 17.9. The molecular weight excluding hydrogens is 460 g/mol. The zero-order valence-electron chi connectivity index (χ0n) is 18.2. The van der Waals surface area contributed by atoms with Crippen LogP contribution in [0.15, 0.2) is 47.4 Å². The monoisotopic (exact) mass is 486 g/mol. The summed E-state index contributed by atoms with van der Waals surface area (Å²) in [5.74, 6) is -0.353. The van der Waals surface area contributed by atoms with Gasteiger partial charge in [0.2, 0.25) is 10.0 Å². The van der Waals surface area contributed by atoms with E-state index in [-0.39, 0.29) is 10.8 Å². The van der Waals surface area contributed by atoms with Crippen molar-refractivity contribution in [2.45, 2.75) is 24.2 Å². The van der Waals surface area contributed by atoms with Gasteiger partial charge >= 0.3 is 0 Å². The predicted molar refractivity (Wildman–Crippen MR) is 130 cm³/mol. The van der Waals surface area contributed by atoms with E-state index >= 15 is 0 Å². The maximum atomic E-state index is 13.4. The predicted octanol–water partition coefficient (Wildman–Crippen LogP) is 3.56. The minimum absolute atomic E-state index is 0.125. The third-order valence-electron chi connectivity index (χ3n) is 6.03. The van der Waals surface area contributed by atoms with Gasteiger partial charge in [0, 0.05) is 31.9 Å². The van der Waals surface area contributed by atoms with E-state index < -0.39 is 10.0 Å². The number of fused-ring (bicyclic) bond motifs is 1. The van der Waals surface area contributed by atoms with Gasteiger partial charge in [0.05, 0.1) is 33.9 Å². The number of carbonyl (C=O) groups is 1. The summed E-state index contributed by atoms with van der Waals surface area (Å²) in [7, 11) is -3.72. The molecule has 8 nitrogen and oxygen atoms in total. The molecule has 0 radical (unpaired) electrons. The molecule has 33 heavy (non-hydrogen) atoms. The Hall–Kier alpha value is -2.53. The van der Waals surface area contributed by atoms with Crippen LogP contribution in [0, 0.1) is 0 Å². The third kappa shape index (κ3) is 4.61. The number of para-hydroxylation sites is 1. The fourth-order valence-corrected chi connectivity index (χ4v) is 6.59. The zero-order valence-corrected chi connectivity index (χ0v) is 19.8. The van der Waals surface area contributed by atoms with Crippen LogP contribution in [-0.2, 0) is 14.8 Å². The summed E-state index contributed by atoms with van der Waals surface area (Å²) in [6.07, 6.45) is 3.26. The minimum Gasteiger partial charge on any atom is -0.379 e. The number of morpholine rings is 1. The van der Waals surface area contributed by atoms with E-state index in [1.54, 1.807) is 12.1 Å². The lowest BCUT2D eigenvalue weighted by Gasteiger charge is -2.31. The lowest BCUT2D eigenvalue weighted by molar-refractivity contribution is 0.0730. The Morgan fingerprint density at radius 2 is 1.76 bits per heavy atom. The largest absolute Gasteiger partial charge is 0.379 e. The Balaban J connectivity index is 1.50. The highest BCUT2D eigenvalue weighted by Gasteiger charge is 2.29. The number of piperidine rings is 1. The van der Waals surface area contributed by atoms with Gasteiger partial charge in [0.25, 0.3) is 5.91 Å². The molecule has 5 rings (SSSR count). The molecule has 2 aromatic carbocycles. The fraction of sp³-hybridized carbons (Fsp3) is 0.391. The Labute approximate surface area is 197 Å². The Morgan fingerprint density at radius 1 is 1.00 bits per heavy atom. The maximum absolute atomic E-state index is 13.4. The molecular formula is C23H26N4O4S2. The lowest BCUT2D eigenvalue weighted by Crippen LogP contribution is -2.40. The van der Waals surface area contributed by atoms with Crippen molar-refractivity contribution in [3.05, 3.63) is 48.0 Å². The molecule has 0 saturated carbocycles. The van der Waals surface area contributed by atoms with Crippen LogP contribution < -0.4 is 10.2 Å². The molecule has 2 saturated heterocycles. The first-order valence-corrected chi connectivity index (χ1v) is 13.4. The Kier molecular flexibility index (Phi) is 6.33. The number of rotatable bonds is 5. The third-order valence-corrected chi connectivity index (χ3v) is 8.88. The van der Waals surface area contributed by atoms with Crippen LogP contribution in [0.25, 0.3) is 10.2 Å². The number of sulfonamides is 1. The molecule has 3 heterocycles. The number of carbonyl (C=O) groups excluding carboxylic acids is 1. The van der Waals surface area contributed by atoms with Gasteiger partial charge in [-0.2, -0.15) is 4.31 Å². The van der Waals surface area contributed by atoms with Crippen LogP contribution in [0.2, 0.25) is 0 Å². The molecule has 0 spiro atoms. The van der Waals surface area contributed by atoms with Crippen LogP contribution in [-0.4, -0.2) is 63.0 Å². The van der Waals surface area contributed by atoms with Gasteiger partial charge in [0.15, 0.2) is 5.13 Å². The molecule has 174 valence electrons. The molecule has 1 amide bonds. The molecule has 0 aliphatic carbocycles. The molecule has 0 atom stereocenters. The molecule has 3 aromatic rings. The summed E-state index contributed by atoms with van der Waals surface area (Å²) in [6.45, 7) is 3.05. The number of thiazole rings is 1. The van der Waals surface area contributed by atoms with Gasteiger partial charge in [-0.15, -0.1) is 0 Å². The van der Waals surface area contributed by atoms with Crippen LogP contribution in [0.1, 0.15) is 29.6 Å². The van der Waals surface area contributed by atoms with Crippen LogP contribution in [0.5, 0.6) is 0 Å². The number of benzene rings is 2. The van der Waals surface area contributed by atoms with Crippen molar-refractivity contribution in [1.82, 2.24) is 9.29 Å². The fourth-order valence-electron chi connectivity index (χ4n) is 4.29. The molecule has 1 aromatic heterocycles. The van der Waals surface area contributed by atoms with Crippen LogP contribution in [0.3, 0.4) is 0 Å². The molecule has 0 unspecified atom stereocenters. The summed E-state index contributed by atoms with van der Waals surface area (Å²) in [6, 6.07) is 12.6. The van der Waals surface area contributed by atoms with Gasteiger partial charge in [-0.1, -0.05) is 23.5 Å². The Bertz CT molecular complexity index is 1230. The summed E-state index contributed by atoms with van der Waals surface area (Å²) >= 11 is 1.40. The number of aromatic nitrogens is 1. The molecule has 10 heteroatoms. The van der Waals surface area contributed by atoms with Crippen molar-refractivity contribution in [3.8, 4) is 0 Å². The van der Waals surface area contributed by atoms with E-state index in [1.165, 1.54) is 21.7 Å². The first kappa shape index (κ1) is 22.3. The highest BCUT2D eigenvalue weighted by Crippen LogP contribution is 2.31. The molecule has 2 aliphatic heterocycles. The number of nitrogens with one attached hydrogen (secondary N) is 1.